The highest BCUT2D eigenvalue weighted by Crippen LogP contribution is 2.32. The standard InChI is InChI=1S/C13H19ClO2/c1-8(2)9(3)13(15)10-5-6-12(16-4)11(14)7-10/h5-9,13,15H,1-4H3. The van der Waals surface area contributed by atoms with Crippen LogP contribution >= 0.6 is 11.6 Å². The van der Waals surface area contributed by atoms with E-state index in [0.29, 0.717) is 16.7 Å². The molecule has 0 saturated carbocycles. The van der Waals surface area contributed by atoms with Gasteiger partial charge in [-0.25, -0.2) is 0 Å². The van der Waals surface area contributed by atoms with Crippen LogP contribution in [0.25, 0.3) is 0 Å². The minimum absolute atomic E-state index is 0.199. The Balaban J connectivity index is 2.92. The van der Waals surface area contributed by atoms with Crippen molar-refractivity contribution in [2.45, 2.75) is 26.9 Å². The van der Waals surface area contributed by atoms with Gasteiger partial charge >= 0.3 is 0 Å². The van der Waals surface area contributed by atoms with Crippen LogP contribution in [-0.2, 0) is 0 Å². The molecule has 2 unspecified atom stereocenters. The van der Waals surface area contributed by atoms with Crippen LogP contribution in [0.4, 0.5) is 0 Å². The second kappa shape index (κ2) is 5.55. The SMILES string of the molecule is COc1ccc(C(O)C(C)C(C)C)cc1Cl. The lowest BCUT2D eigenvalue weighted by Crippen LogP contribution is -2.14. The first kappa shape index (κ1) is 13.3. The summed E-state index contributed by atoms with van der Waals surface area (Å²) in [5.74, 6) is 1.26. The maximum atomic E-state index is 10.1. The first-order valence-corrected chi connectivity index (χ1v) is 5.86. The molecule has 3 heteroatoms. The first-order valence-electron chi connectivity index (χ1n) is 5.48. The van der Waals surface area contributed by atoms with Crippen LogP contribution in [0.5, 0.6) is 5.75 Å². The highest BCUT2D eigenvalue weighted by molar-refractivity contribution is 6.32. The highest BCUT2D eigenvalue weighted by Gasteiger charge is 2.20. The van der Waals surface area contributed by atoms with Crippen LogP contribution in [0.3, 0.4) is 0 Å². The van der Waals surface area contributed by atoms with E-state index in [1.54, 1.807) is 19.2 Å². The van der Waals surface area contributed by atoms with Crippen molar-refractivity contribution in [2.24, 2.45) is 11.8 Å². The summed E-state index contributed by atoms with van der Waals surface area (Å²) >= 11 is 6.02. The van der Waals surface area contributed by atoms with E-state index in [2.05, 4.69) is 13.8 Å². The zero-order chi connectivity index (χ0) is 12.3. The lowest BCUT2D eigenvalue weighted by molar-refractivity contribution is 0.0921. The molecule has 2 nitrogen and oxygen atoms in total. The quantitative estimate of drug-likeness (QED) is 0.873. The van der Waals surface area contributed by atoms with Crippen LogP contribution in [-0.4, -0.2) is 12.2 Å². The van der Waals surface area contributed by atoms with Gasteiger partial charge < -0.3 is 9.84 Å². The van der Waals surface area contributed by atoms with Crippen molar-refractivity contribution < 1.29 is 9.84 Å². The average molecular weight is 243 g/mol. The maximum Gasteiger partial charge on any atom is 0.137 e. The molecule has 1 aromatic rings. The van der Waals surface area contributed by atoms with Gasteiger partial charge in [-0.05, 0) is 29.5 Å². The van der Waals surface area contributed by atoms with Crippen molar-refractivity contribution in [2.75, 3.05) is 7.11 Å². The fourth-order valence-electron chi connectivity index (χ4n) is 1.53. The molecule has 0 aromatic heterocycles. The lowest BCUT2D eigenvalue weighted by Gasteiger charge is -2.23. The number of methoxy groups -OCH3 is 1. The number of benzene rings is 1. The molecule has 0 aliphatic rings. The van der Waals surface area contributed by atoms with E-state index >= 15 is 0 Å². The molecule has 0 amide bonds. The fourth-order valence-corrected chi connectivity index (χ4v) is 1.80. The molecule has 0 spiro atoms. The molecule has 0 radical (unpaired) electrons. The summed E-state index contributed by atoms with van der Waals surface area (Å²) in [5.41, 5.74) is 0.840. The number of hydrogen-bond acceptors (Lipinski definition) is 2. The van der Waals surface area contributed by atoms with Crippen molar-refractivity contribution in [3.8, 4) is 5.75 Å². The number of ether oxygens (including phenoxy) is 1. The summed E-state index contributed by atoms with van der Waals surface area (Å²) in [4.78, 5) is 0. The van der Waals surface area contributed by atoms with Crippen LogP contribution in [0.15, 0.2) is 18.2 Å². The second-order valence-corrected chi connectivity index (χ2v) is 4.85. The summed E-state index contributed by atoms with van der Waals surface area (Å²) in [6, 6.07) is 5.41. The molecule has 90 valence electrons. The van der Waals surface area contributed by atoms with E-state index in [0.717, 1.165) is 5.56 Å². The molecular weight excluding hydrogens is 224 g/mol. The van der Waals surface area contributed by atoms with Crippen molar-refractivity contribution in [3.63, 3.8) is 0 Å². The number of rotatable bonds is 4. The summed E-state index contributed by atoms with van der Waals surface area (Å²) in [7, 11) is 1.58. The third kappa shape index (κ3) is 2.89. The second-order valence-electron chi connectivity index (χ2n) is 4.44. The molecule has 0 saturated heterocycles. The van der Waals surface area contributed by atoms with E-state index < -0.39 is 6.10 Å². The van der Waals surface area contributed by atoms with Gasteiger partial charge in [0.2, 0.25) is 0 Å². The third-order valence-corrected chi connectivity index (χ3v) is 3.36. The van der Waals surface area contributed by atoms with Gasteiger partial charge in [-0.1, -0.05) is 38.4 Å². The number of halogens is 1. The van der Waals surface area contributed by atoms with Gasteiger partial charge in [-0.15, -0.1) is 0 Å². The van der Waals surface area contributed by atoms with Gasteiger partial charge in [0, 0.05) is 0 Å². The van der Waals surface area contributed by atoms with E-state index in [4.69, 9.17) is 16.3 Å². The van der Waals surface area contributed by atoms with E-state index in [1.807, 2.05) is 13.0 Å². The smallest absolute Gasteiger partial charge is 0.137 e. The van der Waals surface area contributed by atoms with E-state index in [9.17, 15) is 5.11 Å². The van der Waals surface area contributed by atoms with Crippen molar-refractivity contribution in [3.05, 3.63) is 28.8 Å². The molecule has 0 heterocycles. The summed E-state index contributed by atoms with van der Waals surface area (Å²) in [6.07, 6.45) is -0.483. The highest BCUT2D eigenvalue weighted by atomic mass is 35.5. The Kier molecular flexibility index (Phi) is 4.63. The number of hydrogen-bond donors (Lipinski definition) is 1. The summed E-state index contributed by atoms with van der Waals surface area (Å²) < 4.78 is 5.07. The van der Waals surface area contributed by atoms with Crippen LogP contribution in [0, 0.1) is 11.8 Å². The molecular formula is C13H19ClO2. The fraction of sp³-hybridized carbons (Fsp3) is 0.538. The van der Waals surface area contributed by atoms with Gasteiger partial charge in [-0.3, -0.25) is 0 Å². The van der Waals surface area contributed by atoms with Crippen molar-refractivity contribution in [1.82, 2.24) is 0 Å². The van der Waals surface area contributed by atoms with Crippen LogP contribution < -0.4 is 4.74 Å². The predicted molar refractivity (Wildman–Crippen MR) is 67.0 cm³/mol. The van der Waals surface area contributed by atoms with E-state index in [1.165, 1.54) is 0 Å². The topological polar surface area (TPSA) is 29.5 Å². The molecule has 0 fully saturated rings. The molecule has 2 atom stereocenters. The molecule has 1 aromatic carbocycles. The Bertz CT molecular complexity index is 350. The zero-order valence-electron chi connectivity index (χ0n) is 10.2. The Labute approximate surface area is 102 Å². The van der Waals surface area contributed by atoms with Gasteiger partial charge in [0.1, 0.15) is 5.75 Å². The van der Waals surface area contributed by atoms with Crippen LogP contribution in [0.2, 0.25) is 5.02 Å². The molecule has 1 rings (SSSR count). The number of aliphatic hydroxyl groups is 1. The Morgan fingerprint density at radius 2 is 1.88 bits per heavy atom. The van der Waals surface area contributed by atoms with Gasteiger partial charge in [0.05, 0.1) is 18.2 Å². The Morgan fingerprint density at radius 3 is 2.31 bits per heavy atom. The number of aliphatic hydroxyl groups excluding tert-OH is 1. The minimum Gasteiger partial charge on any atom is -0.495 e. The Morgan fingerprint density at radius 1 is 1.25 bits per heavy atom. The molecule has 0 aliphatic carbocycles. The molecule has 0 bridgehead atoms. The maximum absolute atomic E-state index is 10.1. The first-order chi connectivity index (χ1) is 7.47. The van der Waals surface area contributed by atoms with Crippen LogP contribution in [0.1, 0.15) is 32.4 Å². The summed E-state index contributed by atoms with van der Waals surface area (Å²) in [6.45, 7) is 6.23. The normalized spacial score (nSPS) is 14.9. The van der Waals surface area contributed by atoms with Crippen molar-refractivity contribution >= 4 is 11.6 Å². The van der Waals surface area contributed by atoms with Gasteiger partial charge in [-0.2, -0.15) is 0 Å². The Hall–Kier alpha value is -0.730. The van der Waals surface area contributed by atoms with Crippen molar-refractivity contribution in [1.29, 1.82) is 0 Å². The average Bonchev–Trinajstić information content (AvgIpc) is 2.26. The molecule has 1 N–H and O–H groups in total. The van der Waals surface area contributed by atoms with E-state index in [-0.39, 0.29) is 5.92 Å². The summed E-state index contributed by atoms with van der Waals surface area (Å²) in [5, 5.41) is 10.7. The zero-order valence-corrected chi connectivity index (χ0v) is 11.0. The third-order valence-electron chi connectivity index (χ3n) is 3.07. The monoisotopic (exact) mass is 242 g/mol. The van der Waals surface area contributed by atoms with Gasteiger partial charge in [0.25, 0.3) is 0 Å². The molecule has 0 aliphatic heterocycles. The largest absolute Gasteiger partial charge is 0.495 e. The molecule has 16 heavy (non-hydrogen) atoms. The van der Waals surface area contributed by atoms with Gasteiger partial charge in [0.15, 0.2) is 0 Å². The lowest BCUT2D eigenvalue weighted by atomic mass is 9.88. The predicted octanol–water partition coefficient (Wildman–Crippen LogP) is 3.67. The minimum atomic E-state index is -0.483.